The van der Waals surface area contributed by atoms with Crippen molar-refractivity contribution in [2.24, 2.45) is 0 Å². The SMILES string of the molecule is CC(C)(O)c1ccc(-c2csc(NC(=O)/C(C#N)=C/c3ccc(O)c(O)c3)n2)cc1. The van der Waals surface area contributed by atoms with E-state index >= 15 is 0 Å². The first-order valence-corrected chi connectivity index (χ1v) is 9.79. The second-order valence-corrected chi connectivity index (χ2v) is 7.90. The van der Waals surface area contributed by atoms with Crippen LogP contribution in [0.3, 0.4) is 0 Å². The monoisotopic (exact) mass is 421 g/mol. The van der Waals surface area contributed by atoms with E-state index in [2.05, 4.69) is 10.3 Å². The Hall–Kier alpha value is -3.67. The van der Waals surface area contributed by atoms with Gasteiger partial charge in [-0.25, -0.2) is 4.98 Å². The number of nitrogens with one attached hydrogen (secondary N) is 1. The molecule has 0 atom stereocenters. The number of aromatic hydroxyl groups is 2. The van der Waals surface area contributed by atoms with Gasteiger partial charge >= 0.3 is 0 Å². The Morgan fingerprint density at radius 1 is 1.17 bits per heavy atom. The third-order valence-electron chi connectivity index (χ3n) is 4.29. The summed E-state index contributed by atoms with van der Waals surface area (Å²) >= 11 is 1.22. The van der Waals surface area contributed by atoms with E-state index in [9.17, 15) is 25.4 Å². The molecule has 1 aromatic heterocycles. The number of benzene rings is 2. The lowest BCUT2D eigenvalue weighted by molar-refractivity contribution is -0.112. The molecule has 1 heterocycles. The summed E-state index contributed by atoms with van der Waals surface area (Å²) in [6, 6.07) is 13.1. The van der Waals surface area contributed by atoms with E-state index in [1.54, 1.807) is 19.2 Å². The fourth-order valence-corrected chi connectivity index (χ4v) is 3.34. The molecule has 0 aliphatic rings. The van der Waals surface area contributed by atoms with Crippen LogP contribution in [0.2, 0.25) is 0 Å². The third kappa shape index (κ3) is 4.84. The molecular weight excluding hydrogens is 402 g/mol. The van der Waals surface area contributed by atoms with Crippen molar-refractivity contribution in [1.82, 2.24) is 4.98 Å². The number of rotatable bonds is 5. The summed E-state index contributed by atoms with van der Waals surface area (Å²) < 4.78 is 0. The highest BCUT2D eigenvalue weighted by molar-refractivity contribution is 7.14. The zero-order valence-electron chi connectivity index (χ0n) is 16.2. The number of carbonyl (C=O) groups is 1. The zero-order chi connectivity index (χ0) is 21.9. The van der Waals surface area contributed by atoms with Crippen LogP contribution in [-0.4, -0.2) is 26.2 Å². The smallest absolute Gasteiger partial charge is 0.268 e. The van der Waals surface area contributed by atoms with Crippen LogP contribution in [0.4, 0.5) is 5.13 Å². The minimum atomic E-state index is -0.936. The summed E-state index contributed by atoms with van der Waals surface area (Å²) in [6.07, 6.45) is 1.30. The molecule has 0 radical (unpaired) electrons. The summed E-state index contributed by atoms with van der Waals surface area (Å²) in [5, 5.41) is 43.0. The summed E-state index contributed by atoms with van der Waals surface area (Å²) in [7, 11) is 0. The minimum Gasteiger partial charge on any atom is -0.504 e. The largest absolute Gasteiger partial charge is 0.504 e. The van der Waals surface area contributed by atoms with Crippen molar-refractivity contribution in [3.8, 4) is 28.8 Å². The van der Waals surface area contributed by atoms with E-state index in [0.29, 0.717) is 16.4 Å². The highest BCUT2D eigenvalue weighted by Gasteiger charge is 2.16. The van der Waals surface area contributed by atoms with Crippen molar-refractivity contribution < 1.29 is 20.1 Å². The molecule has 0 unspecified atom stereocenters. The van der Waals surface area contributed by atoms with Gasteiger partial charge in [0.05, 0.1) is 11.3 Å². The van der Waals surface area contributed by atoms with Gasteiger partial charge in [-0.2, -0.15) is 5.26 Å². The van der Waals surface area contributed by atoms with Crippen molar-refractivity contribution in [2.75, 3.05) is 5.32 Å². The van der Waals surface area contributed by atoms with Gasteiger partial charge in [-0.1, -0.05) is 30.3 Å². The Labute approximate surface area is 177 Å². The second kappa shape index (κ2) is 8.37. The van der Waals surface area contributed by atoms with Gasteiger partial charge in [0.1, 0.15) is 11.6 Å². The van der Waals surface area contributed by atoms with Crippen LogP contribution in [-0.2, 0) is 10.4 Å². The van der Waals surface area contributed by atoms with Crippen LogP contribution in [0.25, 0.3) is 17.3 Å². The van der Waals surface area contributed by atoms with Crippen LogP contribution in [0, 0.1) is 11.3 Å². The standard InChI is InChI=1S/C22H19N3O4S/c1-22(2,29)16-6-4-14(5-7-16)17-12-30-21(24-17)25-20(28)15(11-23)9-13-3-8-18(26)19(27)10-13/h3-10,12,26-27,29H,1-2H3,(H,24,25,28)/b15-9+. The summed E-state index contributed by atoms with van der Waals surface area (Å²) in [4.78, 5) is 16.8. The van der Waals surface area contributed by atoms with Crippen molar-refractivity contribution in [1.29, 1.82) is 5.26 Å². The molecule has 0 saturated heterocycles. The molecular formula is C22H19N3O4S. The Kier molecular flexibility index (Phi) is 5.87. The Balaban J connectivity index is 1.76. The quantitative estimate of drug-likeness (QED) is 0.280. The topological polar surface area (TPSA) is 126 Å². The number of amides is 1. The number of nitrogens with zero attached hydrogens (tertiary/aromatic N) is 2. The molecule has 0 fully saturated rings. The lowest BCUT2D eigenvalue weighted by Gasteiger charge is -2.17. The van der Waals surface area contributed by atoms with Crippen LogP contribution < -0.4 is 5.32 Å². The van der Waals surface area contributed by atoms with Gasteiger partial charge in [0.25, 0.3) is 5.91 Å². The third-order valence-corrected chi connectivity index (χ3v) is 5.05. The number of carbonyl (C=O) groups excluding carboxylic acids is 1. The number of aliphatic hydroxyl groups is 1. The van der Waals surface area contributed by atoms with Crippen molar-refractivity contribution in [2.45, 2.75) is 19.4 Å². The highest BCUT2D eigenvalue weighted by atomic mass is 32.1. The minimum absolute atomic E-state index is 0.175. The van der Waals surface area contributed by atoms with Crippen LogP contribution in [0.15, 0.2) is 53.4 Å². The first-order valence-electron chi connectivity index (χ1n) is 8.91. The molecule has 4 N–H and O–H groups in total. The van der Waals surface area contributed by atoms with Gasteiger partial charge in [-0.15, -0.1) is 11.3 Å². The number of phenols is 2. The van der Waals surface area contributed by atoms with Crippen molar-refractivity contribution in [3.05, 3.63) is 64.5 Å². The molecule has 7 nitrogen and oxygen atoms in total. The lowest BCUT2D eigenvalue weighted by Crippen LogP contribution is -2.14. The lowest BCUT2D eigenvalue weighted by atomic mass is 9.97. The second-order valence-electron chi connectivity index (χ2n) is 7.05. The molecule has 0 aliphatic carbocycles. The average molecular weight is 421 g/mol. The van der Waals surface area contributed by atoms with Gasteiger partial charge in [0, 0.05) is 10.9 Å². The van der Waals surface area contributed by atoms with Gasteiger partial charge in [0.2, 0.25) is 0 Å². The first kappa shape index (κ1) is 21.0. The van der Waals surface area contributed by atoms with Crippen molar-refractivity contribution >= 4 is 28.5 Å². The number of aromatic nitrogens is 1. The Morgan fingerprint density at radius 3 is 2.47 bits per heavy atom. The van der Waals surface area contributed by atoms with Crippen LogP contribution in [0.1, 0.15) is 25.0 Å². The van der Waals surface area contributed by atoms with Gasteiger partial charge in [-0.05, 0) is 43.2 Å². The molecule has 3 rings (SSSR count). The summed E-state index contributed by atoms with van der Waals surface area (Å²) in [5.41, 5.74) is 1.54. The molecule has 3 aromatic rings. The van der Waals surface area contributed by atoms with E-state index in [1.807, 2.05) is 30.3 Å². The maximum absolute atomic E-state index is 12.4. The van der Waals surface area contributed by atoms with E-state index in [1.165, 1.54) is 35.6 Å². The van der Waals surface area contributed by atoms with Crippen LogP contribution in [0.5, 0.6) is 11.5 Å². The molecule has 30 heavy (non-hydrogen) atoms. The van der Waals surface area contributed by atoms with Crippen molar-refractivity contribution in [3.63, 3.8) is 0 Å². The number of phenolic OH excluding ortho intramolecular Hbond substituents is 2. The number of anilines is 1. The predicted molar refractivity (Wildman–Crippen MR) is 115 cm³/mol. The molecule has 0 aliphatic heterocycles. The summed E-state index contributed by atoms with van der Waals surface area (Å²) in [6.45, 7) is 3.41. The normalized spacial score (nSPS) is 11.7. The zero-order valence-corrected chi connectivity index (χ0v) is 17.1. The van der Waals surface area contributed by atoms with E-state index in [4.69, 9.17) is 0 Å². The fraction of sp³-hybridized carbons (Fsp3) is 0.136. The first-order chi connectivity index (χ1) is 14.2. The van der Waals surface area contributed by atoms with Gasteiger partial charge in [0.15, 0.2) is 16.6 Å². The van der Waals surface area contributed by atoms with Gasteiger partial charge < -0.3 is 15.3 Å². The number of nitriles is 1. The average Bonchev–Trinajstić information content (AvgIpc) is 3.16. The predicted octanol–water partition coefficient (Wildman–Crippen LogP) is 3.99. The number of hydrogen-bond donors (Lipinski definition) is 4. The highest BCUT2D eigenvalue weighted by Crippen LogP contribution is 2.28. The van der Waals surface area contributed by atoms with Crippen LogP contribution >= 0.6 is 11.3 Å². The molecule has 8 heteroatoms. The maximum atomic E-state index is 12.4. The fourth-order valence-electron chi connectivity index (χ4n) is 2.62. The maximum Gasteiger partial charge on any atom is 0.268 e. The molecule has 0 saturated carbocycles. The Bertz CT molecular complexity index is 1150. The molecule has 152 valence electrons. The molecule has 0 spiro atoms. The number of thiazole rings is 1. The van der Waals surface area contributed by atoms with E-state index in [0.717, 1.165) is 11.1 Å². The Morgan fingerprint density at radius 2 is 1.87 bits per heavy atom. The number of hydrogen-bond acceptors (Lipinski definition) is 7. The van der Waals surface area contributed by atoms with Gasteiger partial charge in [-0.3, -0.25) is 10.1 Å². The molecule has 2 aromatic carbocycles. The van der Waals surface area contributed by atoms with E-state index < -0.39 is 11.5 Å². The summed E-state index contributed by atoms with van der Waals surface area (Å²) in [5.74, 6) is -1.27. The molecule has 1 amide bonds. The molecule has 0 bridgehead atoms. The van der Waals surface area contributed by atoms with E-state index in [-0.39, 0.29) is 17.1 Å².